The second-order valence-corrected chi connectivity index (χ2v) is 4.58. The van der Waals surface area contributed by atoms with E-state index in [-0.39, 0.29) is 12.0 Å². The molecule has 0 aromatic carbocycles. The Hall–Kier alpha value is -0.570. The Balaban J connectivity index is 3.82. The predicted octanol–water partition coefficient (Wildman–Crippen LogP) is 1.56. The Morgan fingerprint density at radius 3 is 2.64 bits per heavy atom. The number of aliphatic hydroxyl groups excluding tert-OH is 1. The fraction of sp³-hybridized carbons (Fsp3) is 0.909. The van der Waals surface area contributed by atoms with Crippen LogP contribution in [0, 0.1) is 11.3 Å². The lowest BCUT2D eigenvalue weighted by Crippen LogP contribution is -2.27. The molecule has 0 saturated heterocycles. The summed E-state index contributed by atoms with van der Waals surface area (Å²) in [5.74, 6) is 0.572. The Kier molecular flexibility index (Phi) is 6.54. The Labute approximate surface area is 86.9 Å². The number of aliphatic hydroxyl groups is 1. The van der Waals surface area contributed by atoms with Gasteiger partial charge in [0.05, 0.1) is 0 Å². The van der Waals surface area contributed by atoms with Gasteiger partial charge in [-0.15, -0.1) is 0 Å². The molecule has 14 heavy (non-hydrogen) atoms. The minimum atomic E-state index is 0.227. The number of carbonyl (C=O) groups is 1. The number of rotatable bonds is 8. The summed E-state index contributed by atoms with van der Waals surface area (Å²) in [6.45, 7) is 7.63. The van der Waals surface area contributed by atoms with Crippen LogP contribution in [0.4, 0.5) is 0 Å². The minimum absolute atomic E-state index is 0.227. The van der Waals surface area contributed by atoms with E-state index in [0.717, 1.165) is 32.2 Å². The van der Waals surface area contributed by atoms with Crippen molar-refractivity contribution in [1.29, 1.82) is 0 Å². The Bertz CT molecular complexity index is 157. The molecular weight excluding hydrogens is 178 g/mol. The molecule has 0 aliphatic carbocycles. The van der Waals surface area contributed by atoms with Crippen LogP contribution in [-0.2, 0) is 4.79 Å². The molecule has 0 bridgehead atoms. The summed E-state index contributed by atoms with van der Waals surface area (Å²) < 4.78 is 0. The third kappa shape index (κ3) is 5.22. The molecule has 0 aliphatic heterocycles. The fourth-order valence-electron chi connectivity index (χ4n) is 1.49. The molecule has 0 radical (unpaired) electrons. The van der Waals surface area contributed by atoms with E-state index in [2.05, 4.69) is 26.1 Å². The van der Waals surface area contributed by atoms with E-state index in [4.69, 9.17) is 5.11 Å². The lowest BCUT2D eigenvalue weighted by atomic mass is 9.75. The molecule has 0 heterocycles. The summed E-state index contributed by atoms with van der Waals surface area (Å²) in [6.07, 6.45) is 3.64. The van der Waals surface area contributed by atoms with Crippen LogP contribution in [-0.4, -0.2) is 24.7 Å². The van der Waals surface area contributed by atoms with Crippen molar-refractivity contribution in [1.82, 2.24) is 5.32 Å². The van der Waals surface area contributed by atoms with Crippen molar-refractivity contribution < 1.29 is 9.90 Å². The van der Waals surface area contributed by atoms with Gasteiger partial charge in [0.15, 0.2) is 0 Å². The highest BCUT2D eigenvalue weighted by molar-refractivity contribution is 5.45. The minimum Gasteiger partial charge on any atom is -0.396 e. The highest BCUT2D eigenvalue weighted by Crippen LogP contribution is 2.32. The maximum Gasteiger partial charge on any atom is 0.207 e. The van der Waals surface area contributed by atoms with Crippen LogP contribution in [0.25, 0.3) is 0 Å². The first-order valence-electron chi connectivity index (χ1n) is 5.32. The molecular formula is C11H23NO2. The zero-order chi connectivity index (χ0) is 11.0. The third-order valence-electron chi connectivity index (χ3n) is 3.13. The smallest absolute Gasteiger partial charge is 0.207 e. The van der Waals surface area contributed by atoms with E-state index in [1.54, 1.807) is 0 Å². The van der Waals surface area contributed by atoms with Crippen LogP contribution in [0.3, 0.4) is 0 Å². The van der Waals surface area contributed by atoms with Crippen LogP contribution < -0.4 is 5.32 Å². The van der Waals surface area contributed by atoms with E-state index in [9.17, 15) is 4.79 Å². The van der Waals surface area contributed by atoms with Crippen molar-refractivity contribution in [3.63, 3.8) is 0 Å². The fourth-order valence-corrected chi connectivity index (χ4v) is 1.49. The van der Waals surface area contributed by atoms with Gasteiger partial charge in [0.1, 0.15) is 0 Å². The quantitative estimate of drug-likeness (QED) is 0.462. The molecule has 0 aromatic heterocycles. The third-order valence-corrected chi connectivity index (χ3v) is 3.13. The Morgan fingerprint density at radius 1 is 1.50 bits per heavy atom. The molecule has 2 N–H and O–H groups in total. The van der Waals surface area contributed by atoms with Crippen LogP contribution in [0.5, 0.6) is 0 Å². The van der Waals surface area contributed by atoms with Gasteiger partial charge in [-0.05, 0) is 30.6 Å². The number of nitrogens with one attached hydrogen (secondary N) is 1. The maximum absolute atomic E-state index is 10.1. The summed E-state index contributed by atoms with van der Waals surface area (Å²) in [6, 6.07) is 0. The second-order valence-electron chi connectivity index (χ2n) is 4.58. The number of hydrogen-bond donors (Lipinski definition) is 2. The van der Waals surface area contributed by atoms with E-state index in [1.165, 1.54) is 0 Å². The molecule has 3 heteroatoms. The summed E-state index contributed by atoms with van der Waals surface area (Å²) in [7, 11) is 0. The molecule has 0 saturated carbocycles. The topological polar surface area (TPSA) is 49.3 Å². The van der Waals surface area contributed by atoms with Gasteiger partial charge in [-0.2, -0.15) is 0 Å². The SMILES string of the molecule is CC(CCCO)C(C)(C)CCNC=O. The molecule has 3 nitrogen and oxygen atoms in total. The second kappa shape index (κ2) is 6.82. The van der Waals surface area contributed by atoms with E-state index >= 15 is 0 Å². The van der Waals surface area contributed by atoms with Gasteiger partial charge < -0.3 is 10.4 Å². The first-order valence-corrected chi connectivity index (χ1v) is 5.32. The lowest BCUT2D eigenvalue weighted by molar-refractivity contribution is -0.109. The maximum atomic E-state index is 10.1. The molecule has 0 rings (SSSR count). The van der Waals surface area contributed by atoms with Gasteiger partial charge >= 0.3 is 0 Å². The van der Waals surface area contributed by atoms with Gasteiger partial charge in [-0.3, -0.25) is 4.79 Å². The monoisotopic (exact) mass is 201 g/mol. The first kappa shape index (κ1) is 13.4. The van der Waals surface area contributed by atoms with Gasteiger partial charge in [0.25, 0.3) is 0 Å². The average molecular weight is 201 g/mol. The van der Waals surface area contributed by atoms with Gasteiger partial charge in [0.2, 0.25) is 6.41 Å². The predicted molar refractivity (Wildman–Crippen MR) is 57.9 cm³/mol. The normalized spacial score (nSPS) is 13.7. The van der Waals surface area contributed by atoms with E-state index in [0.29, 0.717) is 5.92 Å². The molecule has 0 aromatic rings. The number of hydrogen-bond acceptors (Lipinski definition) is 2. The average Bonchev–Trinajstić information content (AvgIpc) is 2.14. The molecule has 0 aliphatic rings. The summed E-state index contributed by atoms with van der Waals surface area (Å²) >= 11 is 0. The van der Waals surface area contributed by atoms with Crippen molar-refractivity contribution in [3.05, 3.63) is 0 Å². The van der Waals surface area contributed by atoms with Crippen LogP contribution in [0.2, 0.25) is 0 Å². The molecule has 84 valence electrons. The largest absolute Gasteiger partial charge is 0.396 e. The van der Waals surface area contributed by atoms with Crippen molar-refractivity contribution >= 4 is 6.41 Å². The highest BCUT2D eigenvalue weighted by atomic mass is 16.2. The van der Waals surface area contributed by atoms with Crippen LogP contribution >= 0.6 is 0 Å². The van der Waals surface area contributed by atoms with Crippen molar-refractivity contribution in [2.75, 3.05) is 13.2 Å². The summed E-state index contributed by atoms with van der Waals surface area (Å²) in [4.78, 5) is 10.1. The van der Waals surface area contributed by atoms with E-state index < -0.39 is 0 Å². The number of carbonyl (C=O) groups excluding carboxylic acids is 1. The van der Waals surface area contributed by atoms with E-state index in [1.807, 2.05) is 0 Å². The van der Waals surface area contributed by atoms with Crippen molar-refractivity contribution in [2.24, 2.45) is 11.3 Å². The number of amides is 1. The van der Waals surface area contributed by atoms with Crippen molar-refractivity contribution in [3.8, 4) is 0 Å². The molecule has 1 atom stereocenters. The molecule has 1 unspecified atom stereocenters. The van der Waals surface area contributed by atoms with Gasteiger partial charge in [-0.25, -0.2) is 0 Å². The van der Waals surface area contributed by atoms with Crippen LogP contribution in [0.15, 0.2) is 0 Å². The summed E-state index contributed by atoms with van der Waals surface area (Å²) in [5.41, 5.74) is 0.227. The first-order chi connectivity index (χ1) is 6.54. The zero-order valence-electron chi connectivity index (χ0n) is 9.55. The van der Waals surface area contributed by atoms with Crippen molar-refractivity contribution in [2.45, 2.75) is 40.0 Å². The molecule has 1 amide bonds. The van der Waals surface area contributed by atoms with Crippen LogP contribution in [0.1, 0.15) is 40.0 Å². The van der Waals surface area contributed by atoms with Gasteiger partial charge in [-0.1, -0.05) is 20.8 Å². The standard InChI is InChI=1S/C11H23NO2/c1-10(5-4-8-13)11(2,3)6-7-12-9-14/h9-10,13H,4-8H2,1-3H3,(H,12,14). The van der Waals surface area contributed by atoms with Gasteiger partial charge in [0, 0.05) is 13.2 Å². The zero-order valence-corrected chi connectivity index (χ0v) is 9.55. The molecule has 0 spiro atoms. The summed E-state index contributed by atoms with van der Waals surface area (Å²) in [5, 5.41) is 11.4. The Morgan fingerprint density at radius 2 is 2.14 bits per heavy atom. The highest BCUT2D eigenvalue weighted by Gasteiger charge is 2.24. The lowest BCUT2D eigenvalue weighted by Gasteiger charge is -2.31. The molecule has 0 fully saturated rings.